The number of amides is 1. The zero-order valence-corrected chi connectivity index (χ0v) is 13.5. The van der Waals surface area contributed by atoms with E-state index in [0.29, 0.717) is 0 Å². The number of nitro benzene ring substituents is 1. The third-order valence-corrected chi connectivity index (χ3v) is 3.60. The lowest BCUT2D eigenvalue weighted by Gasteiger charge is -2.06. The number of hydrogen-bond donors (Lipinski definition) is 2. The van der Waals surface area contributed by atoms with Gasteiger partial charge in [0.25, 0.3) is 15.9 Å². The molecular formula is C13H10FN3O8S. The highest BCUT2D eigenvalue weighted by atomic mass is 32.2. The van der Waals surface area contributed by atoms with Gasteiger partial charge in [-0.2, -0.15) is 4.39 Å². The van der Waals surface area contributed by atoms with Crippen molar-refractivity contribution in [1.29, 1.82) is 0 Å². The second-order valence-corrected chi connectivity index (χ2v) is 6.20. The van der Waals surface area contributed by atoms with Gasteiger partial charge in [-0.3, -0.25) is 14.9 Å². The molecule has 0 atom stereocenters. The van der Waals surface area contributed by atoms with Crippen molar-refractivity contribution in [3.8, 4) is 0 Å². The molecule has 3 N–H and O–H groups in total. The van der Waals surface area contributed by atoms with E-state index >= 15 is 0 Å². The van der Waals surface area contributed by atoms with Crippen molar-refractivity contribution in [2.24, 2.45) is 5.14 Å². The van der Waals surface area contributed by atoms with Gasteiger partial charge in [-0.05, 0) is 24.3 Å². The molecule has 0 unspecified atom stereocenters. The number of rotatable bonds is 6. The van der Waals surface area contributed by atoms with Gasteiger partial charge in [0.15, 0.2) is 6.61 Å². The van der Waals surface area contributed by atoms with Crippen LogP contribution in [0.5, 0.6) is 0 Å². The number of furan rings is 1. The number of benzene rings is 1. The third kappa shape index (κ3) is 4.61. The number of esters is 1. The quantitative estimate of drug-likeness (QED) is 0.415. The van der Waals surface area contributed by atoms with Gasteiger partial charge >= 0.3 is 11.7 Å². The van der Waals surface area contributed by atoms with E-state index in [1.54, 1.807) is 0 Å². The van der Waals surface area contributed by atoms with Crippen LogP contribution in [0.25, 0.3) is 0 Å². The predicted octanol–water partition coefficient (Wildman–Crippen LogP) is 0.770. The Morgan fingerprint density at radius 3 is 2.58 bits per heavy atom. The number of sulfonamides is 1. The largest absolute Gasteiger partial charge is 0.450 e. The minimum atomic E-state index is -4.14. The predicted molar refractivity (Wildman–Crippen MR) is 82.0 cm³/mol. The number of ether oxygens (including phenoxy) is 1. The number of nitrogens with two attached hydrogens (primary N) is 1. The topological polar surface area (TPSA) is 172 Å². The van der Waals surface area contributed by atoms with Gasteiger partial charge < -0.3 is 14.5 Å². The first-order valence-corrected chi connectivity index (χ1v) is 8.16. The normalized spacial score (nSPS) is 11.0. The second-order valence-electron chi connectivity index (χ2n) is 4.71. The van der Waals surface area contributed by atoms with Crippen LogP contribution in [0.4, 0.5) is 15.8 Å². The van der Waals surface area contributed by atoms with Crippen molar-refractivity contribution in [3.05, 3.63) is 52.0 Å². The van der Waals surface area contributed by atoms with Gasteiger partial charge in [0.1, 0.15) is 0 Å². The van der Waals surface area contributed by atoms with E-state index in [2.05, 4.69) is 14.5 Å². The zero-order valence-electron chi connectivity index (χ0n) is 12.7. The lowest BCUT2D eigenvalue weighted by Crippen LogP contribution is -2.21. The van der Waals surface area contributed by atoms with Gasteiger partial charge in [-0.25, -0.2) is 18.4 Å². The molecule has 1 amide bonds. The fourth-order valence-corrected chi connectivity index (χ4v) is 2.18. The molecule has 0 spiro atoms. The first-order chi connectivity index (χ1) is 12.1. The van der Waals surface area contributed by atoms with E-state index in [9.17, 15) is 32.5 Å². The Morgan fingerprint density at radius 2 is 2.00 bits per heavy atom. The van der Waals surface area contributed by atoms with Crippen LogP contribution in [-0.4, -0.2) is 31.8 Å². The molecule has 1 aromatic heterocycles. The van der Waals surface area contributed by atoms with Crippen LogP contribution in [0.15, 0.2) is 39.8 Å². The molecule has 138 valence electrons. The molecule has 0 radical (unpaired) electrons. The summed E-state index contributed by atoms with van der Waals surface area (Å²) >= 11 is 0. The number of carbonyl (C=O) groups excluding carboxylic acids is 2. The summed E-state index contributed by atoms with van der Waals surface area (Å²) in [6.07, 6.45) is 0. The van der Waals surface area contributed by atoms with Crippen LogP contribution >= 0.6 is 0 Å². The molecule has 2 rings (SSSR count). The maximum Gasteiger partial charge on any atom is 0.374 e. The molecule has 0 bridgehead atoms. The van der Waals surface area contributed by atoms with Crippen molar-refractivity contribution >= 4 is 33.3 Å². The average molecular weight is 387 g/mol. The second kappa shape index (κ2) is 7.28. The van der Waals surface area contributed by atoms with Crippen LogP contribution in [0.2, 0.25) is 0 Å². The minimum absolute atomic E-state index is 0.0892. The minimum Gasteiger partial charge on any atom is -0.450 e. The Kier molecular flexibility index (Phi) is 5.33. The summed E-state index contributed by atoms with van der Waals surface area (Å²) in [5, 5.41) is 16.9. The molecule has 0 fully saturated rings. The molecule has 13 heteroatoms. The Bertz CT molecular complexity index is 985. The number of anilines is 1. The number of nitrogens with one attached hydrogen (secondary N) is 1. The summed E-state index contributed by atoms with van der Waals surface area (Å²) in [5.74, 6) is -3.60. The van der Waals surface area contributed by atoms with Crippen molar-refractivity contribution in [2.75, 3.05) is 11.9 Å². The number of nitro groups is 1. The Morgan fingerprint density at radius 1 is 1.31 bits per heavy atom. The van der Waals surface area contributed by atoms with E-state index in [0.717, 1.165) is 30.3 Å². The maximum absolute atomic E-state index is 13.2. The van der Waals surface area contributed by atoms with Gasteiger partial charge in [0, 0.05) is 11.8 Å². The van der Waals surface area contributed by atoms with Crippen LogP contribution in [-0.2, 0) is 19.6 Å². The Labute approximate surface area is 144 Å². The van der Waals surface area contributed by atoms with Crippen LogP contribution in [0.1, 0.15) is 10.6 Å². The number of hydrogen-bond acceptors (Lipinski definition) is 8. The molecule has 0 aliphatic rings. The van der Waals surface area contributed by atoms with Gasteiger partial charge in [0.05, 0.1) is 4.92 Å². The number of halogens is 1. The number of primary sulfonamides is 1. The zero-order chi connectivity index (χ0) is 19.5. The van der Waals surface area contributed by atoms with Gasteiger partial charge in [-0.15, -0.1) is 0 Å². The third-order valence-electron chi connectivity index (χ3n) is 2.82. The summed E-state index contributed by atoms with van der Waals surface area (Å²) < 4.78 is 44.5. The molecule has 1 heterocycles. The van der Waals surface area contributed by atoms with Crippen molar-refractivity contribution in [3.63, 3.8) is 0 Å². The molecule has 1 aromatic carbocycles. The smallest absolute Gasteiger partial charge is 0.374 e. The maximum atomic E-state index is 13.2. The fraction of sp³-hybridized carbons (Fsp3) is 0.0769. The van der Waals surface area contributed by atoms with E-state index in [4.69, 9.17) is 5.14 Å². The summed E-state index contributed by atoms with van der Waals surface area (Å²) in [7, 11) is -4.14. The van der Waals surface area contributed by atoms with E-state index in [1.165, 1.54) is 0 Å². The van der Waals surface area contributed by atoms with E-state index in [1.807, 2.05) is 0 Å². The summed E-state index contributed by atoms with van der Waals surface area (Å²) in [5.41, 5.74) is -0.931. The van der Waals surface area contributed by atoms with Gasteiger partial charge in [-0.1, -0.05) is 0 Å². The van der Waals surface area contributed by atoms with Crippen LogP contribution < -0.4 is 10.5 Å². The lowest BCUT2D eigenvalue weighted by molar-refractivity contribution is -0.387. The summed E-state index contributed by atoms with van der Waals surface area (Å²) in [6, 6.07) is 4.58. The summed E-state index contributed by atoms with van der Waals surface area (Å²) in [4.78, 5) is 33.0. The fourth-order valence-electron chi connectivity index (χ4n) is 1.71. The first kappa shape index (κ1) is 19.0. The first-order valence-electron chi connectivity index (χ1n) is 6.61. The molecule has 2 aromatic rings. The molecule has 11 nitrogen and oxygen atoms in total. The van der Waals surface area contributed by atoms with Crippen LogP contribution in [0, 0.1) is 15.9 Å². The monoisotopic (exact) mass is 387 g/mol. The molecule has 26 heavy (non-hydrogen) atoms. The SMILES string of the molecule is NS(=O)(=O)c1ccc(C(=O)OCC(=O)Nc2ccc(F)c([N+](=O)[O-])c2)o1. The molecule has 0 aliphatic heterocycles. The van der Waals surface area contributed by atoms with Crippen LogP contribution in [0.3, 0.4) is 0 Å². The van der Waals surface area contributed by atoms with E-state index < -0.39 is 55.8 Å². The van der Waals surface area contributed by atoms with Gasteiger partial charge in [0.2, 0.25) is 16.7 Å². The lowest BCUT2D eigenvalue weighted by atomic mass is 10.2. The number of nitrogens with zero attached hydrogens (tertiary/aromatic N) is 1. The Hall–Kier alpha value is -3.32. The molecule has 0 aliphatic carbocycles. The highest BCUT2D eigenvalue weighted by molar-refractivity contribution is 7.89. The van der Waals surface area contributed by atoms with E-state index in [-0.39, 0.29) is 5.69 Å². The number of carbonyl (C=O) groups is 2. The Balaban J connectivity index is 1.96. The van der Waals surface area contributed by atoms with Crippen molar-refractivity contribution in [1.82, 2.24) is 0 Å². The van der Waals surface area contributed by atoms with Crippen molar-refractivity contribution in [2.45, 2.75) is 5.09 Å². The molecule has 0 saturated heterocycles. The highest BCUT2D eigenvalue weighted by Crippen LogP contribution is 2.21. The molecule has 0 saturated carbocycles. The molecular weight excluding hydrogens is 377 g/mol. The standard InChI is InChI=1S/C13H10FN3O8S/c14-8-2-1-7(5-9(8)17(20)21)16-11(18)6-24-13(19)10-3-4-12(25-10)26(15,22)23/h1-5H,6H2,(H,16,18)(H2,15,22,23). The highest BCUT2D eigenvalue weighted by Gasteiger charge is 2.20. The average Bonchev–Trinajstić information content (AvgIpc) is 3.04. The van der Waals surface area contributed by atoms with Crippen molar-refractivity contribution < 1.29 is 36.5 Å². The summed E-state index contributed by atoms with van der Waals surface area (Å²) in [6.45, 7) is -0.810.